The van der Waals surface area contributed by atoms with Crippen molar-refractivity contribution in [3.05, 3.63) is 0 Å². The molecule has 2 nitrogen and oxygen atoms in total. The second-order valence-corrected chi connectivity index (χ2v) is 4.47. The van der Waals surface area contributed by atoms with Gasteiger partial charge in [-0.25, -0.2) is 0 Å². The number of likely N-dealkylation sites (tertiary alicyclic amines) is 1. The first-order valence-corrected chi connectivity index (χ1v) is 5.59. The summed E-state index contributed by atoms with van der Waals surface area (Å²) < 4.78 is 0. The molecule has 0 aromatic carbocycles. The zero-order valence-electron chi connectivity index (χ0n) is 8.24. The minimum Gasteiger partial charge on any atom is -0.302 e. The first-order chi connectivity index (χ1) is 6.40. The van der Waals surface area contributed by atoms with Crippen LogP contribution in [-0.4, -0.2) is 30.3 Å². The minimum absolute atomic E-state index is 0.243. The zero-order valence-corrected chi connectivity index (χ0v) is 8.24. The largest absolute Gasteiger partial charge is 0.302 e. The van der Waals surface area contributed by atoms with Gasteiger partial charge in [0.05, 0.1) is 6.04 Å². The molecule has 2 fully saturated rings. The number of hydrogen-bond acceptors (Lipinski definition) is 2. The molecule has 0 aromatic heterocycles. The highest BCUT2D eigenvalue weighted by atomic mass is 16.1. The highest BCUT2D eigenvalue weighted by molar-refractivity contribution is 5.57. The molecule has 1 aliphatic heterocycles. The number of carbonyl (C=O) groups excluding carboxylic acids is 1. The van der Waals surface area contributed by atoms with Gasteiger partial charge in [0.1, 0.15) is 6.29 Å². The van der Waals surface area contributed by atoms with Crippen LogP contribution in [0.5, 0.6) is 0 Å². The van der Waals surface area contributed by atoms with Gasteiger partial charge in [0.2, 0.25) is 0 Å². The molecule has 13 heavy (non-hydrogen) atoms. The summed E-state index contributed by atoms with van der Waals surface area (Å²) in [5.41, 5.74) is 0. The third kappa shape index (κ3) is 2.53. The molecule has 0 bridgehead atoms. The molecule has 2 rings (SSSR count). The van der Waals surface area contributed by atoms with Crippen molar-refractivity contribution in [2.75, 3.05) is 13.1 Å². The Kier molecular flexibility index (Phi) is 2.99. The van der Waals surface area contributed by atoms with Gasteiger partial charge in [-0.15, -0.1) is 0 Å². The maximum Gasteiger partial charge on any atom is 0.137 e. The van der Waals surface area contributed by atoms with Gasteiger partial charge in [-0.2, -0.15) is 0 Å². The van der Waals surface area contributed by atoms with E-state index in [4.69, 9.17) is 0 Å². The molecule has 0 radical (unpaired) electrons. The summed E-state index contributed by atoms with van der Waals surface area (Å²) in [5.74, 6) is 0.995. The molecule has 0 spiro atoms. The lowest BCUT2D eigenvalue weighted by atomic mass is 10.0. The van der Waals surface area contributed by atoms with Crippen molar-refractivity contribution in [3.8, 4) is 0 Å². The van der Waals surface area contributed by atoms with E-state index in [9.17, 15) is 4.79 Å². The molecular formula is C11H19NO. The van der Waals surface area contributed by atoms with Gasteiger partial charge in [0.25, 0.3) is 0 Å². The second kappa shape index (κ2) is 4.23. The number of nitrogens with zero attached hydrogens (tertiary/aromatic N) is 1. The average Bonchev–Trinajstić information content (AvgIpc) is 2.99. The predicted octanol–water partition coefficient (Wildman–Crippen LogP) is 1.84. The summed E-state index contributed by atoms with van der Waals surface area (Å²) in [4.78, 5) is 13.2. The monoisotopic (exact) mass is 181 g/mol. The Balaban J connectivity index is 1.75. The van der Waals surface area contributed by atoms with E-state index in [0.717, 1.165) is 31.7 Å². The highest BCUT2D eigenvalue weighted by Crippen LogP contribution is 2.33. The molecule has 1 atom stereocenters. The normalized spacial score (nSPS) is 30.3. The smallest absolute Gasteiger partial charge is 0.137 e. The number of aldehydes is 1. The first kappa shape index (κ1) is 9.20. The third-order valence-corrected chi connectivity index (χ3v) is 3.34. The van der Waals surface area contributed by atoms with E-state index < -0.39 is 0 Å². The third-order valence-electron chi connectivity index (χ3n) is 3.34. The molecule has 2 aliphatic rings. The summed E-state index contributed by atoms with van der Waals surface area (Å²) in [5, 5.41) is 0. The lowest BCUT2D eigenvalue weighted by Crippen LogP contribution is -2.41. The number of hydrogen-bond donors (Lipinski definition) is 0. The van der Waals surface area contributed by atoms with Crippen LogP contribution in [0.3, 0.4) is 0 Å². The fourth-order valence-electron chi connectivity index (χ4n) is 2.20. The van der Waals surface area contributed by atoms with E-state index in [-0.39, 0.29) is 6.04 Å². The molecule has 0 aromatic rings. The van der Waals surface area contributed by atoms with Gasteiger partial charge < -0.3 is 4.79 Å². The molecule has 2 heteroatoms. The lowest BCUT2D eigenvalue weighted by molar-refractivity contribution is -0.113. The first-order valence-electron chi connectivity index (χ1n) is 5.59. The number of piperidine rings is 1. The van der Waals surface area contributed by atoms with Crippen LogP contribution in [0.1, 0.15) is 38.5 Å². The van der Waals surface area contributed by atoms with Crippen molar-refractivity contribution in [3.63, 3.8) is 0 Å². The van der Waals surface area contributed by atoms with Crippen LogP contribution in [0.2, 0.25) is 0 Å². The van der Waals surface area contributed by atoms with Crippen LogP contribution in [0, 0.1) is 5.92 Å². The van der Waals surface area contributed by atoms with E-state index in [1.54, 1.807) is 0 Å². The van der Waals surface area contributed by atoms with Crippen molar-refractivity contribution in [1.82, 2.24) is 4.90 Å². The summed E-state index contributed by atoms with van der Waals surface area (Å²) in [6, 6.07) is 0.243. The van der Waals surface area contributed by atoms with E-state index in [1.165, 1.54) is 32.1 Å². The van der Waals surface area contributed by atoms with Gasteiger partial charge in [0, 0.05) is 0 Å². The topological polar surface area (TPSA) is 20.3 Å². The van der Waals surface area contributed by atoms with E-state index >= 15 is 0 Å². The SMILES string of the molecule is O=CC1CCCCN1CCC1CC1. The molecule has 0 amide bonds. The highest BCUT2D eigenvalue weighted by Gasteiger charge is 2.25. The summed E-state index contributed by atoms with van der Waals surface area (Å²) in [7, 11) is 0. The summed E-state index contributed by atoms with van der Waals surface area (Å²) >= 11 is 0. The van der Waals surface area contributed by atoms with Gasteiger partial charge >= 0.3 is 0 Å². The van der Waals surface area contributed by atoms with Gasteiger partial charge in [-0.1, -0.05) is 19.3 Å². The molecule has 1 saturated carbocycles. The number of carbonyl (C=O) groups is 1. The van der Waals surface area contributed by atoms with E-state index in [2.05, 4.69) is 4.90 Å². The fourth-order valence-corrected chi connectivity index (χ4v) is 2.20. The second-order valence-electron chi connectivity index (χ2n) is 4.47. The number of rotatable bonds is 4. The standard InChI is InChI=1S/C11H19NO/c13-9-11-3-1-2-7-12(11)8-6-10-4-5-10/h9-11H,1-8H2. The van der Waals surface area contributed by atoms with Crippen molar-refractivity contribution in [2.45, 2.75) is 44.6 Å². The fraction of sp³-hybridized carbons (Fsp3) is 0.909. The predicted molar refractivity (Wildman–Crippen MR) is 52.6 cm³/mol. The van der Waals surface area contributed by atoms with Crippen LogP contribution in [0.4, 0.5) is 0 Å². The Hall–Kier alpha value is -0.370. The zero-order chi connectivity index (χ0) is 9.10. The van der Waals surface area contributed by atoms with E-state index in [0.29, 0.717) is 0 Å². The van der Waals surface area contributed by atoms with Crippen LogP contribution >= 0.6 is 0 Å². The lowest BCUT2D eigenvalue weighted by Gasteiger charge is -2.32. The van der Waals surface area contributed by atoms with Gasteiger partial charge in [0.15, 0.2) is 0 Å². The Morgan fingerprint density at radius 2 is 2.08 bits per heavy atom. The maximum absolute atomic E-state index is 10.8. The molecule has 1 heterocycles. The van der Waals surface area contributed by atoms with Gasteiger partial charge in [-0.3, -0.25) is 4.90 Å². The maximum atomic E-state index is 10.8. The van der Waals surface area contributed by atoms with E-state index in [1.807, 2.05) is 0 Å². The molecule has 1 unspecified atom stereocenters. The van der Waals surface area contributed by atoms with Gasteiger partial charge in [-0.05, 0) is 38.3 Å². The molecular weight excluding hydrogens is 162 g/mol. The summed E-state index contributed by atoms with van der Waals surface area (Å²) in [6.45, 7) is 2.31. The molecule has 1 aliphatic carbocycles. The van der Waals surface area contributed by atoms with Crippen LogP contribution < -0.4 is 0 Å². The Bertz CT molecular complexity index is 177. The molecule has 1 saturated heterocycles. The summed E-state index contributed by atoms with van der Waals surface area (Å²) in [6.07, 6.45) is 8.95. The van der Waals surface area contributed by atoms with Crippen molar-refractivity contribution < 1.29 is 4.79 Å². The quantitative estimate of drug-likeness (QED) is 0.617. The molecule has 74 valence electrons. The van der Waals surface area contributed by atoms with Crippen LogP contribution in [-0.2, 0) is 4.79 Å². The van der Waals surface area contributed by atoms with Crippen molar-refractivity contribution >= 4 is 6.29 Å². The van der Waals surface area contributed by atoms with Crippen LogP contribution in [0.15, 0.2) is 0 Å². The van der Waals surface area contributed by atoms with Crippen LogP contribution in [0.25, 0.3) is 0 Å². The Morgan fingerprint density at radius 1 is 1.23 bits per heavy atom. The molecule has 0 N–H and O–H groups in total. The minimum atomic E-state index is 0.243. The average molecular weight is 181 g/mol. The Labute approximate surface area is 80.3 Å². The van der Waals surface area contributed by atoms with Crippen molar-refractivity contribution in [1.29, 1.82) is 0 Å². The Morgan fingerprint density at radius 3 is 2.77 bits per heavy atom. The van der Waals surface area contributed by atoms with Crippen molar-refractivity contribution in [2.24, 2.45) is 5.92 Å².